The van der Waals surface area contributed by atoms with E-state index in [0.717, 1.165) is 36.2 Å². The average Bonchev–Trinajstić information content (AvgIpc) is 3.27. The molecule has 0 fully saturated rings. The molecule has 1 amide bonds. The second-order valence-corrected chi connectivity index (χ2v) is 6.61. The third-order valence-corrected chi connectivity index (χ3v) is 4.85. The molecule has 1 aliphatic carbocycles. The molecule has 0 bridgehead atoms. The first kappa shape index (κ1) is 17.4. The molecule has 0 unspecified atom stereocenters. The van der Waals surface area contributed by atoms with Crippen molar-refractivity contribution in [1.29, 1.82) is 0 Å². The summed E-state index contributed by atoms with van der Waals surface area (Å²) in [5, 5.41) is 7.32. The van der Waals surface area contributed by atoms with Gasteiger partial charge in [-0.2, -0.15) is 5.10 Å². The van der Waals surface area contributed by atoms with Crippen molar-refractivity contribution >= 4 is 5.91 Å². The third-order valence-electron chi connectivity index (χ3n) is 4.85. The van der Waals surface area contributed by atoms with Crippen LogP contribution in [0.15, 0.2) is 48.5 Å². The maximum Gasteiger partial charge on any atom is 0.272 e. The zero-order valence-corrected chi connectivity index (χ0v) is 14.7. The van der Waals surface area contributed by atoms with E-state index in [4.69, 9.17) is 0 Å². The van der Waals surface area contributed by atoms with Gasteiger partial charge >= 0.3 is 0 Å². The lowest BCUT2D eigenvalue weighted by Gasteiger charge is -2.06. The smallest absolute Gasteiger partial charge is 0.272 e. The largest absolute Gasteiger partial charge is 0.350 e. The van der Waals surface area contributed by atoms with Gasteiger partial charge in [0.05, 0.1) is 5.69 Å². The Kier molecular flexibility index (Phi) is 4.71. The van der Waals surface area contributed by atoms with Gasteiger partial charge in [0.25, 0.3) is 5.91 Å². The van der Waals surface area contributed by atoms with E-state index in [9.17, 15) is 13.6 Å². The number of hydrogen-bond acceptors (Lipinski definition) is 2. The fourth-order valence-corrected chi connectivity index (χ4v) is 3.51. The van der Waals surface area contributed by atoms with Crippen molar-refractivity contribution in [2.45, 2.75) is 25.7 Å². The Bertz CT molecular complexity index is 980. The maximum absolute atomic E-state index is 13.7. The lowest BCUT2D eigenvalue weighted by molar-refractivity contribution is 0.0947. The van der Waals surface area contributed by atoms with Gasteiger partial charge in [0, 0.05) is 17.8 Å². The molecule has 2 aromatic carbocycles. The Morgan fingerprint density at radius 3 is 2.63 bits per heavy atom. The first-order valence-electron chi connectivity index (χ1n) is 9.02. The monoisotopic (exact) mass is 367 g/mol. The summed E-state index contributed by atoms with van der Waals surface area (Å²) in [5.41, 5.74) is 3.66. The van der Waals surface area contributed by atoms with Crippen molar-refractivity contribution in [2.24, 2.45) is 0 Å². The Hall–Kier alpha value is -3.02. The van der Waals surface area contributed by atoms with Crippen molar-refractivity contribution in [3.63, 3.8) is 0 Å². The molecule has 1 aromatic heterocycles. The Morgan fingerprint density at radius 2 is 1.85 bits per heavy atom. The Balaban J connectivity index is 1.52. The minimum atomic E-state index is -0.311. The van der Waals surface area contributed by atoms with Gasteiger partial charge < -0.3 is 5.32 Å². The molecule has 27 heavy (non-hydrogen) atoms. The van der Waals surface area contributed by atoms with Gasteiger partial charge in [-0.3, -0.25) is 4.79 Å². The summed E-state index contributed by atoms with van der Waals surface area (Å²) in [5.74, 6) is -0.841. The Morgan fingerprint density at radius 1 is 1.07 bits per heavy atom. The van der Waals surface area contributed by atoms with E-state index in [2.05, 4.69) is 10.4 Å². The van der Waals surface area contributed by atoms with Gasteiger partial charge in [0.1, 0.15) is 11.6 Å². The number of hydrogen-bond donors (Lipinski definition) is 1. The highest BCUT2D eigenvalue weighted by molar-refractivity contribution is 5.94. The minimum absolute atomic E-state index is 0.259. The van der Waals surface area contributed by atoms with Crippen molar-refractivity contribution in [2.75, 3.05) is 6.54 Å². The fourth-order valence-electron chi connectivity index (χ4n) is 3.51. The molecular formula is C21H19F2N3O. The number of nitrogens with one attached hydrogen (secondary N) is 1. The molecular weight excluding hydrogens is 348 g/mol. The highest BCUT2D eigenvalue weighted by atomic mass is 19.1. The Labute approximate surface area is 155 Å². The summed E-state index contributed by atoms with van der Waals surface area (Å²) < 4.78 is 28.6. The van der Waals surface area contributed by atoms with Crippen LogP contribution in [0.5, 0.6) is 0 Å². The minimum Gasteiger partial charge on any atom is -0.350 e. The summed E-state index contributed by atoms with van der Waals surface area (Å²) >= 11 is 0. The van der Waals surface area contributed by atoms with E-state index in [1.165, 1.54) is 18.2 Å². The molecule has 1 aliphatic rings. The van der Waals surface area contributed by atoms with Gasteiger partial charge in [-0.15, -0.1) is 0 Å². The fraction of sp³-hybridized carbons (Fsp3) is 0.238. The second kappa shape index (κ2) is 7.31. The van der Waals surface area contributed by atoms with E-state index in [1.807, 2.05) is 0 Å². The summed E-state index contributed by atoms with van der Waals surface area (Å²) in [4.78, 5) is 12.6. The molecule has 4 nitrogen and oxygen atoms in total. The predicted molar refractivity (Wildman–Crippen MR) is 98.0 cm³/mol. The number of halogens is 2. The molecule has 1 heterocycles. The van der Waals surface area contributed by atoms with E-state index in [0.29, 0.717) is 24.2 Å². The number of carbonyl (C=O) groups is 1. The van der Waals surface area contributed by atoms with Crippen molar-refractivity contribution < 1.29 is 13.6 Å². The molecule has 138 valence electrons. The molecule has 0 saturated heterocycles. The number of carbonyl (C=O) groups excluding carboxylic acids is 1. The topological polar surface area (TPSA) is 46.9 Å². The molecule has 3 aromatic rings. The summed E-state index contributed by atoms with van der Waals surface area (Å²) in [6, 6.07) is 12.6. The average molecular weight is 367 g/mol. The molecule has 6 heteroatoms. The van der Waals surface area contributed by atoms with Crippen molar-refractivity contribution in [3.8, 4) is 5.69 Å². The van der Waals surface area contributed by atoms with E-state index in [-0.39, 0.29) is 17.5 Å². The summed E-state index contributed by atoms with van der Waals surface area (Å²) in [6.45, 7) is 0.331. The first-order valence-corrected chi connectivity index (χ1v) is 9.02. The number of fused-ring (bicyclic) bond motifs is 1. The molecule has 0 aliphatic heterocycles. The highest BCUT2D eigenvalue weighted by Crippen LogP contribution is 2.27. The molecule has 0 saturated carbocycles. The van der Waals surface area contributed by atoms with Gasteiger partial charge in [-0.1, -0.05) is 18.2 Å². The van der Waals surface area contributed by atoms with Gasteiger partial charge in [0.15, 0.2) is 5.69 Å². The van der Waals surface area contributed by atoms with Crippen LogP contribution >= 0.6 is 0 Å². The van der Waals surface area contributed by atoms with Gasteiger partial charge in [-0.25, -0.2) is 13.5 Å². The van der Waals surface area contributed by atoms with Crippen LogP contribution in [0.3, 0.4) is 0 Å². The maximum atomic E-state index is 13.7. The second-order valence-electron chi connectivity index (χ2n) is 6.61. The number of nitrogens with zero attached hydrogens (tertiary/aromatic N) is 2. The van der Waals surface area contributed by atoms with Crippen LogP contribution < -0.4 is 5.32 Å². The lowest BCUT2D eigenvalue weighted by atomic mass is 10.1. The van der Waals surface area contributed by atoms with Crippen molar-refractivity contribution in [3.05, 3.63) is 82.7 Å². The first-order chi connectivity index (χ1) is 13.1. The number of amides is 1. The van der Waals surface area contributed by atoms with Gasteiger partial charge in [-0.05, 0) is 61.6 Å². The third kappa shape index (κ3) is 3.47. The van der Waals surface area contributed by atoms with Gasteiger partial charge in [0.2, 0.25) is 0 Å². The van der Waals surface area contributed by atoms with Crippen LogP contribution in [-0.4, -0.2) is 22.2 Å². The molecule has 0 atom stereocenters. The van der Waals surface area contributed by atoms with Crippen LogP contribution in [0.2, 0.25) is 0 Å². The standard InChI is InChI=1S/C21H19F2N3O/c22-15-8-10-16(11-9-15)26-19-7-3-5-17(19)20(25-26)21(27)24-13-12-14-4-1-2-6-18(14)23/h1-2,4,6,8-11H,3,5,7,12-13H2,(H,24,27). The van der Waals surface area contributed by atoms with Crippen LogP contribution in [-0.2, 0) is 19.3 Å². The zero-order chi connectivity index (χ0) is 18.8. The molecule has 0 spiro atoms. The quantitative estimate of drug-likeness (QED) is 0.749. The summed E-state index contributed by atoms with van der Waals surface area (Å²) in [6.07, 6.45) is 3.01. The van der Waals surface area contributed by atoms with Crippen LogP contribution in [0.4, 0.5) is 8.78 Å². The number of benzene rings is 2. The van der Waals surface area contributed by atoms with E-state index < -0.39 is 0 Å². The SMILES string of the molecule is O=C(NCCc1ccccc1F)c1nn(-c2ccc(F)cc2)c2c1CCC2. The molecule has 0 radical (unpaired) electrons. The van der Waals surface area contributed by atoms with Crippen LogP contribution in [0.1, 0.15) is 33.7 Å². The van der Waals surface area contributed by atoms with Crippen LogP contribution in [0.25, 0.3) is 5.69 Å². The predicted octanol–water partition coefficient (Wildman–Crippen LogP) is 3.61. The van der Waals surface area contributed by atoms with E-state index >= 15 is 0 Å². The van der Waals surface area contributed by atoms with E-state index in [1.54, 1.807) is 35.0 Å². The summed E-state index contributed by atoms with van der Waals surface area (Å²) in [7, 11) is 0. The number of rotatable bonds is 5. The zero-order valence-electron chi connectivity index (χ0n) is 14.7. The van der Waals surface area contributed by atoms with Crippen LogP contribution in [0, 0.1) is 11.6 Å². The highest BCUT2D eigenvalue weighted by Gasteiger charge is 2.26. The number of aromatic nitrogens is 2. The van der Waals surface area contributed by atoms with Crippen molar-refractivity contribution in [1.82, 2.24) is 15.1 Å². The molecule has 1 N–H and O–H groups in total. The normalized spacial score (nSPS) is 12.8. The lowest BCUT2D eigenvalue weighted by Crippen LogP contribution is -2.27. The molecule has 4 rings (SSSR count).